The zero-order valence-corrected chi connectivity index (χ0v) is 12.1. The molecule has 0 amide bonds. The van der Waals surface area contributed by atoms with Gasteiger partial charge in [-0.3, -0.25) is 0 Å². The van der Waals surface area contributed by atoms with Crippen molar-refractivity contribution >= 4 is 22.8 Å². The molecule has 2 aromatic carbocycles. The molecule has 0 fully saturated rings. The van der Waals surface area contributed by atoms with Crippen LogP contribution in [0.1, 0.15) is 22.3 Å². The number of halogens is 2. The van der Waals surface area contributed by atoms with Gasteiger partial charge in [-0.15, -0.1) is 11.8 Å². The minimum atomic E-state index is -0.505. The van der Waals surface area contributed by atoms with Gasteiger partial charge in [-0.05, 0) is 36.8 Å². The third-order valence-electron chi connectivity index (χ3n) is 3.77. The van der Waals surface area contributed by atoms with Crippen molar-refractivity contribution in [1.29, 1.82) is 0 Å². The predicted octanol–water partition coefficient (Wildman–Crippen LogP) is 4.42. The minimum absolute atomic E-state index is 0.113. The van der Waals surface area contributed by atoms with E-state index in [0.29, 0.717) is 5.75 Å². The number of aryl methyl sites for hydroxylation is 1. The molecule has 5 heteroatoms. The van der Waals surface area contributed by atoms with E-state index >= 15 is 0 Å². The van der Waals surface area contributed by atoms with Crippen molar-refractivity contribution in [3.05, 3.63) is 65.0 Å². The summed E-state index contributed by atoms with van der Waals surface area (Å²) < 4.78 is 30.1. The maximum Gasteiger partial charge on any atom is 0.132 e. The van der Waals surface area contributed by atoms with Gasteiger partial charge in [0.15, 0.2) is 0 Å². The van der Waals surface area contributed by atoms with Gasteiger partial charge in [-0.2, -0.15) is 0 Å². The van der Waals surface area contributed by atoms with Crippen LogP contribution in [0.2, 0.25) is 0 Å². The summed E-state index contributed by atoms with van der Waals surface area (Å²) in [6, 6.07) is 9.98. The number of hydrogen-bond donors (Lipinski definition) is 0. The molecule has 0 bridgehead atoms. The first-order valence-corrected chi connectivity index (χ1v) is 7.73. The topological polar surface area (TPSA) is 17.8 Å². The Morgan fingerprint density at radius 3 is 2.71 bits per heavy atom. The molecule has 106 valence electrons. The molecule has 0 aliphatic carbocycles. The standard InChI is InChI=1S/C16H12F2N2S/c1-9-5-6-12-13(7-9)20-14(19-12)8-21-16(20)15-10(17)3-2-4-11(15)18/h2-7,16H,8H2,1H3. The molecule has 0 spiro atoms. The molecular weight excluding hydrogens is 290 g/mol. The van der Waals surface area contributed by atoms with Crippen LogP contribution >= 0.6 is 11.8 Å². The normalized spacial score (nSPS) is 17.4. The van der Waals surface area contributed by atoms with E-state index in [1.165, 1.54) is 30.0 Å². The third kappa shape index (κ3) is 1.87. The zero-order chi connectivity index (χ0) is 14.6. The van der Waals surface area contributed by atoms with Gasteiger partial charge in [0.05, 0.1) is 22.3 Å². The van der Waals surface area contributed by atoms with Crippen LogP contribution in [0.15, 0.2) is 36.4 Å². The van der Waals surface area contributed by atoms with Crippen LogP contribution < -0.4 is 0 Å². The van der Waals surface area contributed by atoms with Crippen LogP contribution in [0.4, 0.5) is 8.78 Å². The fourth-order valence-corrected chi connectivity index (χ4v) is 4.09. The van der Waals surface area contributed by atoms with Crippen molar-refractivity contribution in [2.45, 2.75) is 18.1 Å². The summed E-state index contributed by atoms with van der Waals surface area (Å²) in [4.78, 5) is 4.57. The molecular formula is C16H12F2N2S. The molecule has 0 radical (unpaired) electrons. The van der Waals surface area contributed by atoms with E-state index in [1.54, 1.807) is 0 Å². The number of hydrogen-bond acceptors (Lipinski definition) is 2. The Balaban J connectivity index is 1.97. The molecule has 21 heavy (non-hydrogen) atoms. The van der Waals surface area contributed by atoms with Gasteiger partial charge in [-0.1, -0.05) is 12.1 Å². The summed E-state index contributed by atoms with van der Waals surface area (Å²) in [5.41, 5.74) is 3.03. The first kappa shape index (κ1) is 12.8. The van der Waals surface area contributed by atoms with Crippen molar-refractivity contribution in [3.63, 3.8) is 0 Å². The number of rotatable bonds is 1. The highest BCUT2D eigenvalue weighted by atomic mass is 32.2. The van der Waals surface area contributed by atoms with Gasteiger partial charge in [0.2, 0.25) is 0 Å². The first-order valence-electron chi connectivity index (χ1n) is 6.68. The highest BCUT2D eigenvalue weighted by Gasteiger charge is 2.31. The lowest BCUT2D eigenvalue weighted by atomic mass is 10.1. The van der Waals surface area contributed by atoms with E-state index in [2.05, 4.69) is 4.98 Å². The van der Waals surface area contributed by atoms with Crippen molar-refractivity contribution in [2.75, 3.05) is 0 Å². The van der Waals surface area contributed by atoms with Crippen LogP contribution in [0.3, 0.4) is 0 Å². The van der Waals surface area contributed by atoms with Crippen LogP contribution in [-0.2, 0) is 5.75 Å². The Labute approximate surface area is 124 Å². The van der Waals surface area contributed by atoms with Crippen molar-refractivity contribution in [1.82, 2.24) is 9.55 Å². The van der Waals surface area contributed by atoms with E-state index in [1.807, 2.05) is 29.7 Å². The molecule has 0 saturated heterocycles. The second-order valence-electron chi connectivity index (χ2n) is 5.19. The second-order valence-corrected chi connectivity index (χ2v) is 6.26. The Morgan fingerprint density at radius 1 is 1.19 bits per heavy atom. The van der Waals surface area contributed by atoms with E-state index in [9.17, 15) is 8.78 Å². The lowest BCUT2D eigenvalue weighted by Gasteiger charge is -2.15. The molecule has 0 N–H and O–H groups in total. The quantitative estimate of drug-likeness (QED) is 0.662. The molecule has 0 saturated carbocycles. The van der Waals surface area contributed by atoms with Gasteiger partial charge < -0.3 is 4.57 Å². The summed E-state index contributed by atoms with van der Waals surface area (Å²) >= 11 is 1.50. The van der Waals surface area contributed by atoms with E-state index in [4.69, 9.17) is 0 Å². The average molecular weight is 302 g/mol. The maximum absolute atomic E-state index is 14.1. The summed E-state index contributed by atoms with van der Waals surface area (Å²) in [6.07, 6.45) is 0. The minimum Gasteiger partial charge on any atom is -0.310 e. The Hall–Kier alpha value is -1.88. The molecule has 1 aliphatic rings. The molecule has 1 unspecified atom stereocenters. The van der Waals surface area contributed by atoms with Crippen LogP contribution in [0, 0.1) is 18.6 Å². The van der Waals surface area contributed by atoms with E-state index in [0.717, 1.165) is 22.4 Å². The Kier molecular flexibility index (Phi) is 2.79. The number of fused-ring (bicyclic) bond motifs is 3. The van der Waals surface area contributed by atoms with Gasteiger partial charge in [0.25, 0.3) is 0 Å². The second kappa shape index (κ2) is 4.56. The van der Waals surface area contributed by atoms with Gasteiger partial charge in [-0.25, -0.2) is 13.8 Å². The van der Waals surface area contributed by atoms with E-state index < -0.39 is 17.0 Å². The number of thioether (sulfide) groups is 1. The highest BCUT2D eigenvalue weighted by molar-refractivity contribution is 7.99. The molecule has 4 rings (SSSR count). The SMILES string of the molecule is Cc1ccc2nc3n(c2c1)C(c1c(F)cccc1F)SC3. The third-order valence-corrected chi connectivity index (χ3v) is 4.96. The van der Waals surface area contributed by atoms with Gasteiger partial charge in [0.1, 0.15) is 22.8 Å². The largest absolute Gasteiger partial charge is 0.310 e. The van der Waals surface area contributed by atoms with Crippen LogP contribution in [0.5, 0.6) is 0 Å². The summed E-state index contributed by atoms with van der Waals surface area (Å²) in [7, 11) is 0. The molecule has 2 heterocycles. The van der Waals surface area contributed by atoms with Gasteiger partial charge in [0, 0.05) is 0 Å². The van der Waals surface area contributed by atoms with Crippen molar-refractivity contribution < 1.29 is 8.78 Å². The zero-order valence-electron chi connectivity index (χ0n) is 11.3. The first-order chi connectivity index (χ1) is 10.1. The number of nitrogens with zero attached hydrogens (tertiary/aromatic N) is 2. The fourth-order valence-electron chi connectivity index (χ4n) is 2.80. The number of benzene rings is 2. The molecule has 2 nitrogen and oxygen atoms in total. The fraction of sp³-hybridized carbons (Fsp3) is 0.188. The van der Waals surface area contributed by atoms with Gasteiger partial charge >= 0.3 is 0 Å². The predicted molar refractivity (Wildman–Crippen MR) is 80.3 cm³/mol. The lowest BCUT2D eigenvalue weighted by molar-refractivity contribution is 0.544. The summed E-state index contributed by atoms with van der Waals surface area (Å²) in [5.74, 6) is 0.518. The van der Waals surface area contributed by atoms with Crippen molar-refractivity contribution in [2.24, 2.45) is 0 Å². The monoisotopic (exact) mass is 302 g/mol. The lowest BCUT2D eigenvalue weighted by Crippen LogP contribution is -2.08. The van der Waals surface area contributed by atoms with Crippen LogP contribution in [0.25, 0.3) is 11.0 Å². The molecule has 1 atom stereocenters. The number of aromatic nitrogens is 2. The Morgan fingerprint density at radius 2 is 1.95 bits per heavy atom. The maximum atomic E-state index is 14.1. The molecule has 1 aromatic heterocycles. The summed E-state index contributed by atoms with van der Waals surface area (Å²) in [5, 5.41) is -0.395. The molecule has 3 aromatic rings. The Bertz CT molecular complexity index is 837. The van der Waals surface area contributed by atoms with Crippen molar-refractivity contribution in [3.8, 4) is 0 Å². The average Bonchev–Trinajstić information content (AvgIpc) is 2.99. The number of imidazole rings is 1. The van der Waals surface area contributed by atoms with E-state index in [-0.39, 0.29) is 5.56 Å². The highest BCUT2D eigenvalue weighted by Crippen LogP contribution is 2.44. The smallest absolute Gasteiger partial charge is 0.132 e. The molecule has 1 aliphatic heterocycles. The van der Waals surface area contributed by atoms with Crippen LogP contribution in [-0.4, -0.2) is 9.55 Å². The summed E-state index contributed by atoms with van der Waals surface area (Å²) in [6.45, 7) is 2.00.